The van der Waals surface area contributed by atoms with Gasteiger partial charge in [0, 0.05) is 7.05 Å². The normalized spacial score (nSPS) is 12.4. The van der Waals surface area contributed by atoms with Gasteiger partial charge >= 0.3 is 12.1 Å². The van der Waals surface area contributed by atoms with Crippen LogP contribution in [0.15, 0.2) is 30.3 Å². The molecule has 0 aromatic heterocycles. The van der Waals surface area contributed by atoms with Crippen LogP contribution in [0, 0.1) is 0 Å². The molecule has 0 aliphatic carbocycles. The van der Waals surface area contributed by atoms with Crippen molar-refractivity contribution in [2.24, 2.45) is 0 Å². The molecule has 0 spiro atoms. The van der Waals surface area contributed by atoms with Crippen LogP contribution in [0.1, 0.15) is 19.4 Å². The lowest BCUT2D eigenvalue weighted by Gasteiger charge is -2.22. The number of carbonyl (C=O) groups is 4. The SMILES string of the molecule is CC(NC(=O)CN(C)C(=O)C(C)NC(=O)OCc1ccccc1)C(=O)O. The fraction of sp³-hybridized carbons (Fsp3) is 0.412. The smallest absolute Gasteiger partial charge is 0.408 e. The van der Waals surface area contributed by atoms with Gasteiger partial charge in [-0.1, -0.05) is 30.3 Å². The number of alkyl carbamates (subject to hydrolysis) is 1. The third-order valence-corrected chi connectivity index (χ3v) is 3.42. The lowest BCUT2D eigenvalue weighted by atomic mass is 10.2. The second kappa shape index (κ2) is 10.0. The summed E-state index contributed by atoms with van der Waals surface area (Å²) in [5.74, 6) is -2.31. The molecule has 0 aliphatic heterocycles. The molecule has 2 unspecified atom stereocenters. The third-order valence-electron chi connectivity index (χ3n) is 3.42. The van der Waals surface area contributed by atoms with Crippen LogP contribution in [0.4, 0.5) is 4.79 Å². The molecular weight excluding hydrogens is 342 g/mol. The summed E-state index contributed by atoms with van der Waals surface area (Å²) >= 11 is 0. The van der Waals surface area contributed by atoms with Crippen molar-refractivity contribution in [3.8, 4) is 0 Å². The number of aliphatic carboxylic acids is 1. The molecule has 1 aromatic rings. The van der Waals surface area contributed by atoms with Crippen LogP contribution in [-0.4, -0.2) is 59.6 Å². The number of carboxylic acids is 1. The van der Waals surface area contributed by atoms with Crippen molar-refractivity contribution in [2.75, 3.05) is 13.6 Å². The highest BCUT2D eigenvalue weighted by molar-refractivity contribution is 5.90. The summed E-state index contributed by atoms with van der Waals surface area (Å²) in [6.07, 6.45) is -0.757. The van der Waals surface area contributed by atoms with Crippen LogP contribution in [0.25, 0.3) is 0 Å². The van der Waals surface area contributed by atoms with E-state index >= 15 is 0 Å². The second-order valence-electron chi connectivity index (χ2n) is 5.75. The van der Waals surface area contributed by atoms with E-state index in [1.54, 1.807) is 12.1 Å². The van der Waals surface area contributed by atoms with Gasteiger partial charge < -0.3 is 25.4 Å². The quantitative estimate of drug-likeness (QED) is 0.610. The standard InChI is InChI=1S/C17H23N3O6/c1-11(19-17(25)26-10-13-7-5-4-6-8-13)15(22)20(3)9-14(21)18-12(2)16(23)24/h4-8,11-12H,9-10H2,1-3H3,(H,18,21)(H,19,25)(H,23,24). The lowest BCUT2D eigenvalue weighted by Crippen LogP contribution is -2.49. The van der Waals surface area contributed by atoms with Gasteiger partial charge in [0.25, 0.3) is 0 Å². The zero-order chi connectivity index (χ0) is 19.7. The zero-order valence-corrected chi connectivity index (χ0v) is 14.9. The van der Waals surface area contributed by atoms with Gasteiger partial charge in [-0.25, -0.2) is 4.79 Å². The van der Waals surface area contributed by atoms with E-state index in [0.29, 0.717) is 0 Å². The Morgan fingerprint density at radius 3 is 2.27 bits per heavy atom. The molecule has 0 aliphatic rings. The van der Waals surface area contributed by atoms with Gasteiger partial charge in [-0.05, 0) is 19.4 Å². The van der Waals surface area contributed by atoms with Crippen LogP contribution in [0.5, 0.6) is 0 Å². The van der Waals surface area contributed by atoms with E-state index < -0.39 is 36.0 Å². The molecule has 26 heavy (non-hydrogen) atoms. The molecule has 0 heterocycles. The first kappa shape index (κ1) is 20.9. The number of benzene rings is 1. The fourth-order valence-corrected chi connectivity index (χ4v) is 1.98. The average Bonchev–Trinajstić information content (AvgIpc) is 2.59. The molecule has 0 bridgehead atoms. The van der Waals surface area contributed by atoms with Crippen LogP contribution in [0.3, 0.4) is 0 Å². The molecular formula is C17H23N3O6. The molecule has 0 radical (unpaired) electrons. The molecule has 3 amide bonds. The van der Waals surface area contributed by atoms with E-state index in [1.807, 2.05) is 18.2 Å². The summed E-state index contributed by atoms with van der Waals surface area (Å²) in [7, 11) is 1.38. The summed E-state index contributed by atoms with van der Waals surface area (Å²) in [5, 5.41) is 13.4. The number of likely N-dealkylation sites (N-methyl/N-ethyl adjacent to an activating group) is 1. The third kappa shape index (κ3) is 7.20. The zero-order valence-electron chi connectivity index (χ0n) is 14.9. The minimum atomic E-state index is -1.18. The van der Waals surface area contributed by atoms with Crippen molar-refractivity contribution >= 4 is 23.9 Å². The Morgan fingerprint density at radius 1 is 1.08 bits per heavy atom. The number of hydrogen-bond acceptors (Lipinski definition) is 5. The summed E-state index contributed by atoms with van der Waals surface area (Å²) < 4.78 is 5.02. The highest BCUT2D eigenvalue weighted by atomic mass is 16.5. The Hall–Kier alpha value is -3.10. The maximum atomic E-state index is 12.2. The van der Waals surface area contributed by atoms with E-state index in [4.69, 9.17) is 9.84 Å². The Kier molecular flexibility index (Phi) is 8.07. The molecule has 1 aromatic carbocycles. The van der Waals surface area contributed by atoms with Crippen LogP contribution in [0.2, 0.25) is 0 Å². The summed E-state index contributed by atoms with van der Waals surface area (Å²) in [6.45, 7) is 2.51. The van der Waals surface area contributed by atoms with E-state index in [0.717, 1.165) is 10.5 Å². The van der Waals surface area contributed by atoms with Gasteiger partial charge in [-0.2, -0.15) is 0 Å². The number of nitrogens with one attached hydrogen (secondary N) is 2. The van der Waals surface area contributed by atoms with Gasteiger partial charge in [0.05, 0.1) is 6.54 Å². The van der Waals surface area contributed by atoms with Crippen LogP contribution < -0.4 is 10.6 Å². The van der Waals surface area contributed by atoms with Crippen LogP contribution >= 0.6 is 0 Å². The number of hydrogen-bond donors (Lipinski definition) is 3. The van der Waals surface area contributed by atoms with Crippen molar-refractivity contribution in [3.63, 3.8) is 0 Å². The Morgan fingerprint density at radius 2 is 1.69 bits per heavy atom. The largest absolute Gasteiger partial charge is 0.480 e. The molecule has 1 rings (SSSR count). The highest BCUT2D eigenvalue weighted by Crippen LogP contribution is 2.01. The first-order chi connectivity index (χ1) is 12.2. The molecule has 142 valence electrons. The van der Waals surface area contributed by atoms with Gasteiger partial charge in [-0.15, -0.1) is 0 Å². The highest BCUT2D eigenvalue weighted by Gasteiger charge is 2.23. The number of rotatable bonds is 8. The topological polar surface area (TPSA) is 125 Å². The monoisotopic (exact) mass is 365 g/mol. The number of nitrogens with zero attached hydrogens (tertiary/aromatic N) is 1. The fourth-order valence-electron chi connectivity index (χ4n) is 1.98. The molecule has 3 N–H and O–H groups in total. The second-order valence-corrected chi connectivity index (χ2v) is 5.75. The maximum Gasteiger partial charge on any atom is 0.408 e. The number of carboxylic acid groups (broad SMARTS) is 1. The lowest BCUT2D eigenvalue weighted by molar-refractivity contribution is -0.142. The summed E-state index contributed by atoms with van der Waals surface area (Å²) in [6, 6.07) is 7.09. The minimum absolute atomic E-state index is 0.0684. The van der Waals surface area contributed by atoms with Gasteiger partial charge in [-0.3, -0.25) is 14.4 Å². The number of ether oxygens (including phenoxy) is 1. The van der Waals surface area contributed by atoms with Gasteiger partial charge in [0.15, 0.2) is 0 Å². The first-order valence-corrected chi connectivity index (χ1v) is 7.95. The summed E-state index contributed by atoms with van der Waals surface area (Å²) in [5.41, 5.74) is 0.808. The summed E-state index contributed by atoms with van der Waals surface area (Å²) in [4.78, 5) is 47.4. The van der Waals surface area contributed by atoms with Crippen molar-refractivity contribution in [1.29, 1.82) is 0 Å². The molecule has 2 atom stereocenters. The predicted octanol–water partition coefficient (Wildman–Crippen LogP) is 0.349. The average molecular weight is 365 g/mol. The Balaban J connectivity index is 2.41. The minimum Gasteiger partial charge on any atom is -0.480 e. The van der Waals surface area contributed by atoms with E-state index in [1.165, 1.54) is 20.9 Å². The Labute approximate surface area is 151 Å². The van der Waals surface area contributed by atoms with Crippen molar-refractivity contribution in [1.82, 2.24) is 15.5 Å². The number of amides is 3. The first-order valence-electron chi connectivity index (χ1n) is 7.95. The van der Waals surface area contributed by atoms with Gasteiger partial charge in [0.2, 0.25) is 11.8 Å². The molecule has 0 fully saturated rings. The van der Waals surface area contributed by atoms with Crippen molar-refractivity contribution in [3.05, 3.63) is 35.9 Å². The van der Waals surface area contributed by atoms with Crippen molar-refractivity contribution in [2.45, 2.75) is 32.5 Å². The van der Waals surface area contributed by atoms with E-state index in [-0.39, 0.29) is 13.2 Å². The van der Waals surface area contributed by atoms with E-state index in [2.05, 4.69) is 10.6 Å². The molecule has 0 saturated carbocycles. The predicted molar refractivity (Wildman–Crippen MR) is 92.1 cm³/mol. The van der Waals surface area contributed by atoms with Crippen LogP contribution in [-0.2, 0) is 25.7 Å². The van der Waals surface area contributed by atoms with Crippen molar-refractivity contribution < 1.29 is 29.0 Å². The molecule has 0 saturated heterocycles. The Bertz CT molecular complexity index is 649. The maximum absolute atomic E-state index is 12.2. The molecule has 9 heteroatoms. The van der Waals surface area contributed by atoms with E-state index in [9.17, 15) is 19.2 Å². The number of carbonyl (C=O) groups excluding carboxylic acids is 3. The van der Waals surface area contributed by atoms with Gasteiger partial charge in [0.1, 0.15) is 18.7 Å². The molecule has 9 nitrogen and oxygen atoms in total.